The molecule has 0 aliphatic rings. The van der Waals surface area contributed by atoms with Gasteiger partial charge in [0.2, 0.25) is 0 Å². The molecular weight excluding hydrogens is 188 g/mol. The summed E-state index contributed by atoms with van der Waals surface area (Å²) in [7, 11) is 1.62. The Hall–Kier alpha value is -1.54. The summed E-state index contributed by atoms with van der Waals surface area (Å²) in [5.74, 6) is 0.793. The van der Waals surface area contributed by atoms with Gasteiger partial charge in [-0.3, -0.25) is 0 Å². The van der Waals surface area contributed by atoms with Crippen molar-refractivity contribution in [1.29, 1.82) is 0 Å². The molecular formula is C13H16O2. The molecule has 0 aromatic heterocycles. The van der Waals surface area contributed by atoms with Crippen molar-refractivity contribution in [3.8, 4) is 5.75 Å². The summed E-state index contributed by atoms with van der Waals surface area (Å²) >= 11 is 0. The van der Waals surface area contributed by atoms with Crippen LogP contribution >= 0.6 is 0 Å². The Balaban J connectivity index is 2.65. The Kier molecular flexibility index (Phi) is 4.64. The molecule has 1 aromatic rings. The minimum Gasteiger partial charge on any atom is -0.497 e. The fraction of sp³-hybridized carbons (Fsp3) is 0.231. The van der Waals surface area contributed by atoms with E-state index in [1.165, 1.54) is 0 Å². The molecule has 2 nitrogen and oxygen atoms in total. The largest absolute Gasteiger partial charge is 0.497 e. The molecule has 1 rings (SSSR count). The molecule has 0 heterocycles. The van der Waals surface area contributed by atoms with Crippen molar-refractivity contribution in [2.75, 3.05) is 7.11 Å². The maximum absolute atomic E-state index is 9.75. The lowest BCUT2D eigenvalue weighted by atomic mass is 10.1. The third kappa shape index (κ3) is 3.60. The van der Waals surface area contributed by atoms with Gasteiger partial charge >= 0.3 is 0 Å². The van der Waals surface area contributed by atoms with E-state index in [1.54, 1.807) is 19.3 Å². The normalized spacial score (nSPS) is 12.7. The van der Waals surface area contributed by atoms with Gasteiger partial charge < -0.3 is 9.84 Å². The van der Waals surface area contributed by atoms with Crippen LogP contribution in [0.1, 0.15) is 18.1 Å². The lowest BCUT2D eigenvalue weighted by Gasteiger charge is -2.06. The average molecular weight is 204 g/mol. The standard InChI is InChI=1S/C13H16O2/c1-3-4-5-6-13(14)11-7-9-12(15-2)10-8-11/h3,5-10,13-14H,1,4H2,2H3/b6-5+. The molecule has 0 saturated carbocycles. The Labute approximate surface area is 90.5 Å². The Morgan fingerprint density at radius 3 is 2.60 bits per heavy atom. The Morgan fingerprint density at radius 1 is 1.40 bits per heavy atom. The van der Waals surface area contributed by atoms with Gasteiger partial charge in [-0.2, -0.15) is 0 Å². The third-order valence-corrected chi connectivity index (χ3v) is 2.08. The van der Waals surface area contributed by atoms with E-state index in [2.05, 4.69) is 6.58 Å². The molecule has 2 heteroatoms. The number of benzene rings is 1. The van der Waals surface area contributed by atoms with Gasteiger partial charge in [0.25, 0.3) is 0 Å². The molecule has 0 bridgehead atoms. The maximum atomic E-state index is 9.75. The van der Waals surface area contributed by atoms with Crippen LogP contribution < -0.4 is 4.74 Å². The summed E-state index contributed by atoms with van der Waals surface area (Å²) in [4.78, 5) is 0. The number of hydrogen-bond donors (Lipinski definition) is 1. The second-order valence-electron chi connectivity index (χ2n) is 3.17. The Morgan fingerprint density at radius 2 is 2.07 bits per heavy atom. The van der Waals surface area contributed by atoms with Crippen LogP contribution in [0.5, 0.6) is 5.75 Å². The number of aliphatic hydroxyl groups is 1. The van der Waals surface area contributed by atoms with E-state index in [0.29, 0.717) is 0 Å². The zero-order valence-corrected chi connectivity index (χ0v) is 8.89. The zero-order chi connectivity index (χ0) is 11.1. The second-order valence-corrected chi connectivity index (χ2v) is 3.17. The van der Waals surface area contributed by atoms with E-state index in [9.17, 15) is 5.11 Å². The van der Waals surface area contributed by atoms with Gasteiger partial charge in [-0.1, -0.05) is 30.4 Å². The fourth-order valence-electron chi connectivity index (χ4n) is 1.22. The molecule has 0 aliphatic heterocycles. The first-order valence-corrected chi connectivity index (χ1v) is 4.87. The van der Waals surface area contributed by atoms with E-state index in [-0.39, 0.29) is 0 Å². The monoisotopic (exact) mass is 204 g/mol. The highest BCUT2D eigenvalue weighted by molar-refractivity contribution is 5.29. The van der Waals surface area contributed by atoms with Crippen LogP contribution in [-0.4, -0.2) is 12.2 Å². The molecule has 0 radical (unpaired) electrons. The lowest BCUT2D eigenvalue weighted by Crippen LogP contribution is -1.92. The van der Waals surface area contributed by atoms with Crippen LogP contribution in [0.3, 0.4) is 0 Å². The molecule has 80 valence electrons. The molecule has 0 amide bonds. The molecule has 1 atom stereocenters. The van der Waals surface area contributed by atoms with Gasteiger partial charge in [-0.05, 0) is 24.1 Å². The van der Waals surface area contributed by atoms with Crippen LogP contribution in [0, 0.1) is 0 Å². The topological polar surface area (TPSA) is 29.5 Å². The van der Waals surface area contributed by atoms with Crippen LogP contribution in [-0.2, 0) is 0 Å². The highest BCUT2D eigenvalue weighted by Gasteiger charge is 2.02. The van der Waals surface area contributed by atoms with Crippen molar-refractivity contribution in [2.45, 2.75) is 12.5 Å². The van der Waals surface area contributed by atoms with Crippen molar-refractivity contribution in [3.05, 3.63) is 54.6 Å². The van der Waals surface area contributed by atoms with Gasteiger partial charge in [0.05, 0.1) is 13.2 Å². The minimum absolute atomic E-state index is 0.559. The van der Waals surface area contributed by atoms with Crippen molar-refractivity contribution in [1.82, 2.24) is 0 Å². The zero-order valence-electron chi connectivity index (χ0n) is 8.89. The first kappa shape index (κ1) is 11.5. The third-order valence-electron chi connectivity index (χ3n) is 2.08. The van der Waals surface area contributed by atoms with Gasteiger partial charge in [0, 0.05) is 0 Å². The highest BCUT2D eigenvalue weighted by atomic mass is 16.5. The molecule has 1 aromatic carbocycles. The van der Waals surface area contributed by atoms with Crippen LogP contribution in [0.25, 0.3) is 0 Å². The van der Waals surface area contributed by atoms with Crippen LogP contribution in [0.15, 0.2) is 49.1 Å². The predicted molar refractivity (Wildman–Crippen MR) is 61.9 cm³/mol. The van der Waals surface area contributed by atoms with Crippen molar-refractivity contribution < 1.29 is 9.84 Å². The molecule has 0 spiro atoms. The van der Waals surface area contributed by atoms with E-state index < -0.39 is 6.10 Å². The smallest absolute Gasteiger partial charge is 0.118 e. The predicted octanol–water partition coefficient (Wildman–Crippen LogP) is 2.86. The number of hydrogen-bond acceptors (Lipinski definition) is 2. The summed E-state index contributed by atoms with van der Waals surface area (Å²) in [6.45, 7) is 3.60. The minimum atomic E-state index is -0.559. The fourth-order valence-corrected chi connectivity index (χ4v) is 1.22. The van der Waals surface area contributed by atoms with Crippen molar-refractivity contribution in [3.63, 3.8) is 0 Å². The van der Waals surface area contributed by atoms with Crippen molar-refractivity contribution in [2.24, 2.45) is 0 Å². The number of methoxy groups -OCH3 is 1. The first-order chi connectivity index (χ1) is 7.27. The average Bonchev–Trinajstić information content (AvgIpc) is 2.29. The second kappa shape index (κ2) is 6.04. The molecule has 0 saturated heterocycles. The van der Waals surface area contributed by atoms with Crippen LogP contribution in [0.4, 0.5) is 0 Å². The number of aliphatic hydroxyl groups excluding tert-OH is 1. The van der Waals surface area contributed by atoms with E-state index in [4.69, 9.17) is 4.74 Å². The summed E-state index contributed by atoms with van der Waals surface area (Å²) in [6.07, 6.45) is 5.64. The van der Waals surface area contributed by atoms with Gasteiger partial charge in [-0.25, -0.2) is 0 Å². The number of ether oxygens (including phenoxy) is 1. The molecule has 1 unspecified atom stereocenters. The first-order valence-electron chi connectivity index (χ1n) is 4.87. The maximum Gasteiger partial charge on any atom is 0.118 e. The quantitative estimate of drug-likeness (QED) is 0.747. The van der Waals surface area contributed by atoms with Gasteiger partial charge in [0.1, 0.15) is 5.75 Å². The molecule has 1 N–H and O–H groups in total. The van der Waals surface area contributed by atoms with E-state index in [0.717, 1.165) is 17.7 Å². The summed E-state index contributed by atoms with van der Waals surface area (Å²) in [5.41, 5.74) is 0.858. The summed E-state index contributed by atoms with van der Waals surface area (Å²) < 4.78 is 5.03. The SMILES string of the molecule is C=CC/C=C/C(O)c1ccc(OC)cc1. The van der Waals surface area contributed by atoms with E-state index in [1.807, 2.05) is 30.3 Å². The molecule has 0 aliphatic carbocycles. The van der Waals surface area contributed by atoms with E-state index >= 15 is 0 Å². The number of rotatable bonds is 5. The molecule has 0 fully saturated rings. The van der Waals surface area contributed by atoms with Crippen molar-refractivity contribution >= 4 is 0 Å². The highest BCUT2D eigenvalue weighted by Crippen LogP contribution is 2.18. The summed E-state index contributed by atoms with van der Waals surface area (Å²) in [5, 5.41) is 9.75. The van der Waals surface area contributed by atoms with Gasteiger partial charge in [-0.15, -0.1) is 6.58 Å². The molecule has 15 heavy (non-hydrogen) atoms. The lowest BCUT2D eigenvalue weighted by molar-refractivity contribution is 0.228. The van der Waals surface area contributed by atoms with Crippen LogP contribution in [0.2, 0.25) is 0 Å². The Bertz CT molecular complexity index is 325. The summed E-state index contributed by atoms with van der Waals surface area (Å²) in [6, 6.07) is 7.36. The number of allylic oxidation sites excluding steroid dienone is 2. The van der Waals surface area contributed by atoms with Gasteiger partial charge in [0.15, 0.2) is 0 Å².